The molecule has 0 aliphatic heterocycles. The van der Waals surface area contributed by atoms with Crippen LogP contribution in [-0.2, 0) is 4.79 Å². The molecule has 3 heteroatoms. The first-order chi connectivity index (χ1) is 3.95. The molecule has 0 heterocycles. The molecular weight excluding hydrogens is 152 g/mol. The molecule has 0 N–H and O–H groups in total. The van der Waals surface area contributed by atoms with E-state index in [1.165, 1.54) is 0 Å². The molecule has 0 aromatic heterocycles. The first-order valence-corrected chi connectivity index (χ1v) is 7.12. The summed E-state index contributed by atoms with van der Waals surface area (Å²) < 4.78 is 0. The second-order valence-electron chi connectivity index (χ2n) is 3.88. The van der Waals surface area contributed by atoms with Crippen LogP contribution in [0.1, 0.15) is 6.92 Å². The third-order valence-electron chi connectivity index (χ3n) is 1.17. The number of rotatable bonds is 3. The maximum Gasteiger partial charge on any atom is 0.316 e. The Morgan fingerprint density at radius 3 is 1.90 bits per heavy atom. The van der Waals surface area contributed by atoms with Crippen molar-refractivity contribution in [2.75, 3.05) is 0 Å². The van der Waals surface area contributed by atoms with Crippen molar-refractivity contribution in [3.05, 3.63) is 0 Å². The zero-order valence-electron chi connectivity index (χ0n) is 6.77. The predicted octanol–water partition coefficient (Wildman–Crippen LogP) is 1.24. The molecule has 0 radical (unpaired) electrons. The van der Waals surface area contributed by atoms with Gasteiger partial charge in [0.1, 0.15) is 6.29 Å². The Morgan fingerprint density at radius 2 is 1.80 bits per heavy atom. The zero-order chi connectivity index (χ0) is 7.49. The van der Waals surface area contributed by atoms with Crippen molar-refractivity contribution in [2.24, 2.45) is 5.92 Å². The summed E-state index contributed by atoms with van der Waals surface area (Å²) in [6.07, 6.45) is 1.05. The van der Waals surface area contributed by atoms with Gasteiger partial charge in [-0.15, -0.1) is 0 Å². The molecule has 0 saturated carbocycles. The second kappa shape index (κ2) is 5.32. The molecule has 1 unspecified atom stereocenters. The fourth-order valence-corrected chi connectivity index (χ4v) is 3.04. The van der Waals surface area contributed by atoms with Crippen molar-refractivity contribution in [3.8, 4) is 0 Å². The fraction of sp³-hybridized carbons (Fsp3) is 0.857. The molecular formula is C7H18MgOSi. The normalized spacial score (nSPS) is 13.6. The molecule has 0 aromatic rings. The van der Waals surface area contributed by atoms with E-state index in [1.807, 2.05) is 6.92 Å². The Labute approximate surface area is 80.7 Å². The van der Waals surface area contributed by atoms with E-state index in [0.29, 0.717) is 0 Å². The monoisotopic (exact) mass is 170 g/mol. The van der Waals surface area contributed by atoms with E-state index in [-0.39, 0.29) is 29.0 Å². The van der Waals surface area contributed by atoms with Crippen molar-refractivity contribution in [1.29, 1.82) is 0 Å². The topological polar surface area (TPSA) is 17.1 Å². The van der Waals surface area contributed by atoms with E-state index in [0.717, 1.165) is 12.3 Å². The lowest BCUT2D eigenvalue weighted by Crippen LogP contribution is -2.23. The molecule has 0 aromatic carbocycles. The first-order valence-electron chi connectivity index (χ1n) is 3.41. The molecule has 0 amide bonds. The molecule has 0 rings (SSSR count). The molecule has 0 fully saturated rings. The summed E-state index contributed by atoms with van der Waals surface area (Å²) >= 11 is 0. The number of aldehydes is 1. The van der Waals surface area contributed by atoms with Crippen LogP contribution >= 0.6 is 0 Å². The summed E-state index contributed by atoms with van der Waals surface area (Å²) in [5, 5.41) is 0. The average Bonchev–Trinajstić information content (AvgIpc) is 1.62. The van der Waals surface area contributed by atoms with Gasteiger partial charge in [0.2, 0.25) is 0 Å². The van der Waals surface area contributed by atoms with Gasteiger partial charge in [0.25, 0.3) is 0 Å². The molecule has 0 aliphatic rings. The molecule has 0 saturated heterocycles. The molecule has 0 spiro atoms. The Bertz CT molecular complexity index is 98.3. The number of hydrogen-bond donors (Lipinski definition) is 0. The van der Waals surface area contributed by atoms with Crippen LogP contribution in [0.3, 0.4) is 0 Å². The zero-order valence-corrected chi connectivity index (χ0v) is 7.77. The quantitative estimate of drug-likeness (QED) is 0.460. The Balaban J connectivity index is 0. The van der Waals surface area contributed by atoms with Gasteiger partial charge in [0.05, 0.1) is 0 Å². The van der Waals surface area contributed by atoms with E-state index in [4.69, 9.17) is 0 Å². The summed E-state index contributed by atoms with van der Waals surface area (Å²) in [6.45, 7) is 8.85. The Kier molecular flexibility index (Phi) is 7.06. The lowest BCUT2D eigenvalue weighted by atomic mass is 10.3. The summed E-state index contributed by atoms with van der Waals surface area (Å²) in [7, 11) is -0.973. The third kappa shape index (κ3) is 8.65. The van der Waals surface area contributed by atoms with Gasteiger partial charge < -0.3 is 4.79 Å². The number of carbonyl (C=O) groups is 1. The van der Waals surface area contributed by atoms with E-state index in [2.05, 4.69) is 19.6 Å². The van der Waals surface area contributed by atoms with E-state index < -0.39 is 8.07 Å². The van der Waals surface area contributed by atoms with E-state index >= 15 is 0 Å². The van der Waals surface area contributed by atoms with Crippen LogP contribution in [0.2, 0.25) is 25.7 Å². The van der Waals surface area contributed by atoms with Gasteiger partial charge in [0, 0.05) is 14.0 Å². The molecule has 0 aliphatic carbocycles. The highest BCUT2D eigenvalue weighted by Gasteiger charge is 2.16. The first kappa shape index (κ1) is 13.3. The van der Waals surface area contributed by atoms with Crippen molar-refractivity contribution < 1.29 is 4.79 Å². The van der Waals surface area contributed by atoms with Gasteiger partial charge in [-0.25, -0.2) is 0 Å². The van der Waals surface area contributed by atoms with Gasteiger partial charge in [-0.05, 0) is 6.04 Å². The smallest absolute Gasteiger partial charge is 0.303 e. The SMILES string of the molecule is CC(C=O)C[Si](C)(C)C.[MgH2]. The minimum absolute atomic E-state index is 0. The van der Waals surface area contributed by atoms with Crippen LogP contribution in [-0.4, -0.2) is 37.4 Å². The minimum atomic E-state index is -0.973. The van der Waals surface area contributed by atoms with Gasteiger partial charge in [-0.2, -0.15) is 0 Å². The van der Waals surface area contributed by atoms with Gasteiger partial charge in [-0.1, -0.05) is 26.6 Å². The van der Waals surface area contributed by atoms with Gasteiger partial charge in [0.15, 0.2) is 0 Å². The Hall–Kier alpha value is 0.653. The van der Waals surface area contributed by atoms with E-state index in [9.17, 15) is 4.79 Å². The summed E-state index contributed by atoms with van der Waals surface area (Å²) in [4.78, 5) is 10.2. The maximum absolute atomic E-state index is 10.2. The summed E-state index contributed by atoms with van der Waals surface area (Å²) in [5.74, 6) is 0.275. The average molecular weight is 171 g/mol. The molecule has 58 valence electrons. The van der Waals surface area contributed by atoms with Crippen molar-refractivity contribution in [3.63, 3.8) is 0 Å². The third-order valence-corrected chi connectivity index (χ3v) is 3.04. The molecule has 1 atom stereocenters. The Morgan fingerprint density at radius 1 is 1.40 bits per heavy atom. The lowest BCUT2D eigenvalue weighted by Gasteiger charge is -2.16. The predicted molar refractivity (Wildman–Crippen MR) is 51.9 cm³/mol. The summed E-state index contributed by atoms with van der Waals surface area (Å²) in [6, 6.07) is 1.12. The van der Waals surface area contributed by atoms with Crippen LogP contribution in [0.25, 0.3) is 0 Å². The van der Waals surface area contributed by atoms with Crippen molar-refractivity contribution in [2.45, 2.75) is 32.6 Å². The highest BCUT2D eigenvalue weighted by Crippen LogP contribution is 2.13. The highest BCUT2D eigenvalue weighted by molar-refractivity contribution is 6.76. The fourth-order valence-electron chi connectivity index (χ4n) is 1.01. The van der Waals surface area contributed by atoms with Crippen LogP contribution < -0.4 is 0 Å². The highest BCUT2D eigenvalue weighted by atomic mass is 28.3. The van der Waals surface area contributed by atoms with Crippen LogP contribution in [0.15, 0.2) is 0 Å². The van der Waals surface area contributed by atoms with Crippen LogP contribution in [0.5, 0.6) is 0 Å². The molecule has 0 bridgehead atoms. The van der Waals surface area contributed by atoms with Crippen LogP contribution in [0.4, 0.5) is 0 Å². The summed E-state index contributed by atoms with van der Waals surface area (Å²) in [5.41, 5.74) is 0. The lowest BCUT2D eigenvalue weighted by molar-refractivity contribution is -0.110. The molecule has 1 nitrogen and oxygen atoms in total. The largest absolute Gasteiger partial charge is 0.316 e. The van der Waals surface area contributed by atoms with E-state index in [1.54, 1.807) is 0 Å². The maximum atomic E-state index is 10.2. The van der Waals surface area contributed by atoms with Crippen molar-refractivity contribution in [1.82, 2.24) is 0 Å². The van der Waals surface area contributed by atoms with Gasteiger partial charge in [-0.3, -0.25) is 0 Å². The number of hydrogen-bond acceptors (Lipinski definition) is 1. The van der Waals surface area contributed by atoms with Crippen LogP contribution in [0, 0.1) is 5.92 Å². The van der Waals surface area contributed by atoms with Crippen molar-refractivity contribution >= 4 is 37.4 Å². The standard InChI is InChI=1S/C7H16OSi.Mg.2H/c1-7(5-8)6-9(2,3)4;;;/h5,7H,6H2,1-4H3;;;. The number of carbonyl (C=O) groups excluding carboxylic acids is 1. The molecule has 10 heavy (non-hydrogen) atoms. The van der Waals surface area contributed by atoms with Gasteiger partial charge >= 0.3 is 23.1 Å². The second-order valence-corrected chi connectivity index (χ2v) is 9.41. The minimum Gasteiger partial charge on any atom is -0.303 e.